The van der Waals surface area contributed by atoms with Crippen molar-refractivity contribution in [3.05, 3.63) is 53.0 Å². The van der Waals surface area contributed by atoms with Crippen molar-refractivity contribution in [3.8, 4) is 0 Å². The number of rotatable bonds is 4. The quantitative estimate of drug-likeness (QED) is 0.587. The molecule has 0 unspecified atom stereocenters. The number of Topliss-reactive ketones (excluding diaryl/α,β-unsaturated/α-hetero) is 1. The number of H-pyrrole nitrogens is 1. The van der Waals surface area contributed by atoms with Crippen LogP contribution in [0.3, 0.4) is 0 Å². The second-order valence-corrected chi connectivity index (χ2v) is 6.27. The van der Waals surface area contributed by atoms with Crippen LogP contribution in [0.15, 0.2) is 35.4 Å². The molecule has 3 aromatic rings. The summed E-state index contributed by atoms with van der Waals surface area (Å²) in [6.45, 7) is 5.81. The molecule has 0 radical (unpaired) electrons. The summed E-state index contributed by atoms with van der Waals surface area (Å²) in [7, 11) is 0. The highest BCUT2D eigenvalue weighted by atomic mass is 32.2. The molecule has 0 fully saturated rings. The van der Waals surface area contributed by atoms with Crippen LogP contribution in [0.25, 0.3) is 11.0 Å². The minimum atomic E-state index is 0.112. The first-order valence-electron chi connectivity index (χ1n) is 7.10. The zero-order chi connectivity index (χ0) is 15.7. The van der Waals surface area contributed by atoms with Crippen LogP contribution in [-0.4, -0.2) is 26.5 Å². The van der Waals surface area contributed by atoms with Gasteiger partial charge in [-0.25, -0.2) is 9.97 Å². The zero-order valence-corrected chi connectivity index (χ0v) is 13.6. The minimum Gasteiger partial charge on any atom is -0.362 e. The van der Waals surface area contributed by atoms with Gasteiger partial charge >= 0.3 is 0 Å². The van der Waals surface area contributed by atoms with E-state index >= 15 is 0 Å². The number of para-hydroxylation sites is 2. The summed E-state index contributed by atoms with van der Waals surface area (Å²) in [5.41, 5.74) is 5.29. The third-order valence-corrected chi connectivity index (χ3v) is 4.56. The first-order chi connectivity index (χ1) is 10.5. The smallest absolute Gasteiger partial charge is 0.174 e. The number of fused-ring (bicyclic) bond motifs is 1. The number of hydrogen-bond acceptors (Lipinski definition) is 4. The molecule has 0 amide bonds. The normalized spacial score (nSPS) is 11.0. The Labute approximate surface area is 133 Å². The molecule has 1 N–H and O–H groups in total. The molecule has 0 aliphatic carbocycles. The van der Waals surface area contributed by atoms with Crippen LogP contribution in [0.5, 0.6) is 0 Å². The molecular weight excluding hydrogens is 294 g/mol. The summed E-state index contributed by atoms with van der Waals surface area (Å²) in [6.07, 6.45) is 0. The van der Waals surface area contributed by atoms with Gasteiger partial charge in [0.05, 0.1) is 22.5 Å². The van der Waals surface area contributed by atoms with E-state index in [-0.39, 0.29) is 5.78 Å². The van der Waals surface area contributed by atoms with Gasteiger partial charge in [0.1, 0.15) is 5.03 Å². The SMILES string of the molecule is Cc1cc(C(=O)CSc2nc3ccccc3nc2C)c(C)[nH]1. The third-order valence-electron chi connectivity index (χ3n) is 3.49. The molecule has 3 rings (SSSR count). The van der Waals surface area contributed by atoms with Gasteiger partial charge in [0.15, 0.2) is 5.78 Å². The number of hydrogen-bond donors (Lipinski definition) is 1. The number of nitrogens with zero attached hydrogens (tertiary/aromatic N) is 2. The van der Waals surface area contributed by atoms with Crippen LogP contribution in [-0.2, 0) is 0 Å². The molecule has 0 aliphatic heterocycles. The Morgan fingerprint density at radius 1 is 1.14 bits per heavy atom. The lowest BCUT2D eigenvalue weighted by Gasteiger charge is -2.05. The van der Waals surface area contributed by atoms with Crippen LogP contribution >= 0.6 is 11.8 Å². The summed E-state index contributed by atoms with van der Waals surface area (Å²) in [5.74, 6) is 0.479. The van der Waals surface area contributed by atoms with E-state index in [9.17, 15) is 4.79 Å². The predicted molar refractivity (Wildman–Crippen MR) is 89.6 cm³/mol. The summed E-state index contributed by atoms with van der Waals surface area (Å²) in [6, 6.07) is 9.67. The fraction of sp³-hybridized carbons (Fsp3) is 0.235. The maximum Gasteiger partial charge on any atom is 0.174 e. The van der Waals surface area contributed by atoms with Crippen molar-refractivity contribution in [2.24, 2.45) is 0 Å². The molecular formula is C17H17N3OS. The zero-order valence-electron chi connectivity index (χ0n) is 12.8. The number of carbonyl (C=O) groups is 1. The molecule has 5 heteroatoms. The van der Waals surface area contributed by atoms with Crippen molar-refractivity contribution >= 4 is 28.6 Å². The Morgan fingerprint density at radius 3 is 2.45 bits per heavy atom. The standard InChI is InChI=1S/C17H17N3OS/c1-10-8-13(11(2)18-10)16(21)9-22-17-12(3)19-14-6-4-5-7-15(14)20-17/h4-8,18H,9H2,1-3H3. The average molecular weight is 311 g/mol. The van der Waals surface area contributed by atoms with Crippen LogP contribution in [0, 0.1) is 20.8 Å². The summed E-state index contributed by atoms with van der Waals surface area (Å²) < 4.78 is 0. The highest BCUT2D eigenvalue weighted by Crippen LogP contribution is 2.23. The average Bonchev–Trinajstić information content (AvgIpc) is 2.83. The number of benzene rings is 1. The maximum absolute atomic E-state index is 12.3. The van der Waals surface area contributed by atoms with Gasteiger partial charge in [0.25, 0.3) is 0 Å². The van der Waals surface area contributed by atoms with Gasteiger partial charge in [-0.3, -0.25) is 4.79 Å². The fourth-order valence-electron chi connectivity index (χ4n) is 2.43. The van der Waals surface area contributed by atoms with Crippen molar-refractivity contribution in [3.63, 3.8) is 0 Å². The Morgan fingerprint density at radius 2 is 1.82 bits per heavy atom. The summed E-state index contributed by atoms with van der Waals surface area (Å²) in [5, 5.41) is 0.817. The molecule has 2 aromatic heterocycles. The van der Waals surface area contributed by atoms with Crippen LogP contribution in [0.1, 0.15) is 27.4 Å². The van der Waals surface area contributed by atoms with Crippen molar-refractivity contribution in [2.45, 2.75) is 25.8 Å². The van der Waals surface area contributed by atoms with Crippen LogP contribution < -0.4 is 0 Å². The number of aryl methyl sites for hydroxylation is 3. The van der Waals surface area contributed by atoms with Crippen molar-refractivity contribution < 1.29 is 4.79 Å². The van der Waals surface area contributed by atoms with E-state index in [0.717, 1.165) is 38.7 Å². The number of nitrogens with one attached hydrogen (secondary N) is 1. The molecule has 112 valence electrons. The van der Waals surface area contributed by atoms with Gasteiger partial charge in [-0.2, -0.15) is 0 Å². The van der Waals surface area contributed by atoms with Gasteiger partial charge in [-0.05, 0) is 39.0 Å². The molecule has 0 aliphatic rings. The van der Waals surface area contributed by atoms with Crippen LogP contribution in [0.4, 0.5) is 0 Å². The fourth-order valence-corrected chi connectivity index (χ4v) is 3.27. The number of aromatic amines is 1. The number of ketones is 1. The lowest BCUT2D eigenvalue weighted by Crippen LogP contribution is -2.04. The molecule has 2 heterocycles. The lowest BCUT2D eigenvalue weighted by atomic mass is 10.2. The Balaban J connectivity index is 1.80. The third kappa shape index (κ3) is 2.90. The molecule has 0 atom stereocenters. The number of thioether (sulfide) groups is 1. The topological polar surface area (TPSA) is 58.6 Å². The largest absolute Gasteiger partial charge is 0.362 e. The minimum absolute atomic E-state index is 0.112. The lowest BCUT2D eigenvalue weighted by molar-refractivity contribution is 0.102. The van der Waals surface area contributed by atoms with Crippen molar-refractivity contribution in [2.75, 3.05) is 5.75 Å². The molecule has 0 saturated carbocycles. The second kappa shape index (κ2) is 5.93. The van der Waals surface area contributed by atoms with E-state index in [2.05, 4.69) is 15.0 Å². The first-order valence-corrected chi connectivity index (χ1v) is 8.09. The monoisotopic (exact) mass is 311 g/mol. The van der Waals surface area contributed by atoms with E-state index < -0.39 is 0 Å². The molecule has 0 saturated heterocycles. The number of aromatic nitrogens is 3. The molecule has 4 nitrogen and oxygen atoms in total. The molecule has 0 spiro atoms. The van der Waals surface area contributed by atoms with Crippen LogP contribution in [0.2, 0.25) is 0 Å². The number of carbonyl (C=O) groups excluding carboxylic acids is 1. The van der Waals surface area contributed by atoms with Gasteiger partial charge in [0, 0.05) is 17.0 Å². The first kappa shape index (κ1) is 14.8. The predicted octanol–water partition coefficient (Wildman–Crippen LogP) is 3.86. The van der Waals surface area contributed by atoms with Crippen molar-refractivity contribution in [1.29, 1.82) is 0 Å². The highest BCUT2D eigenvalue weighted by Gasteiger charge is 2.14. The Kier molecular flexibility index (Phi) is 3.98. The van der Waals surface area contributed by atoms with Gasteiger partial charge < -0.3 is 4.98 Å². The second-order valence-electron chi connectivity index (χ2n) is 5.31. The van der Waals surface area contributed by atoms with Gasteiger partial charge in [-0.15, -0.1) is 0 Å². The van der Waals surface area contributed by atoms with Gasteiger partial charge in [0.2, 0.25) is 0 Å². The summed E-state index contributed by atoms with van der Waals surface area (Å²) in [4.78, 5) is 24.7. The van der Waals surface area contributed by atoms with Gasteiger partial charge in [-0.1, -0.05) is 23.9 Å². The van der Waals surface area contributed by atoms with E-state index in [1.165, 1.54) is 11.8 Å². The van der Waals surface area contributed by atoms with E-state index in [0.29, 0.717) is 5.75 Å². The Bertz CT molecular complexity index is 854. The van der Waals surface area contributed by atoms with E-state index in [1.807, 2.05) is 51.1 Å². The molecule has 0 bridgehead atoms. The van der Waals surface area contributed by atoms with Crippen molar-refractivity contribution in [1.82, 2.24) is 15.0 Å². The highest BCUT2D eigenvalue weighted by molar-refractivity contribution is 8.00. The molecule has 1 aromatic carbocycles. The molecule has 22 heavy (non-hydrogen) atoms. The van der Waals surface area contributed by atoms with E-state index in [1.54, 1.807) is 0 Å². The van der Waals surface area contributed by atoms with E-state index in [4.69, 9.17) is 0 Å². The summed E-state index contributed by atoms with van der Waals surface area (Å²) >= 11 is 1.45. The Hall–Kier alpha value is -2.14. The maximum atomic E-state index is 12.3.